The average molecular weight is 181 g/mol. The van der Waals surface area contributed by atoms with Crippen LogP contribution in [0.2, 0.25) is 0 Å². The first-order valence-electron chi connectivity index (χ1n) is 3.09. The van der Waals surface area contributed by atoms with Crippen molar-refractivity contribution in [3.05, 3.63) is 0 Å². The van der Waals surface area contributed by atoms with Gasteiger partial charge in [0, 0.05) is 4.83 Å². The molecule has 2 atom stereocenters. The second-order valence-corrected chi connectivity index (χ2v) is 3.49. The van der Waals surface area contributed by atoms with Crippen LogP contribution < -0.4 is 0 Å². The van der Waals surface area contributed by atoms with Gasteiger partial charge in [0.05, 0.1) is 0 Å². The van der Waals surface area contributed by atoms with Gasteiger partial charge in [-0.2, -0.15) is 0 Å². The van der Waals surface area contributed by atoms with Gasteiger partial charge in [0.15, 0.2) is 0 Å². The van der Waals surface area contributed by atoms with Crippen molar-refractivity contribution in [3.8, 4) is 0 Å². The molecule has 0 aliphatic heterocycles. The molecule has 1 aliphatic rings. The molecule has 1 rings (SSSR count). The van der Waals surface area contributed by atoms with E-state index in [4.69, 9.17) is 0 Å². The summed E-state index contributed by atoms with van der Waals surface area (Å²) in [6.45, 7) is 0. The zero-order valence-electron chi connectivity index (χ0n) is 4.74. The molecule has 2 unspecified atom stereocenters. The van der Waals surface area contributed by atoms with Gasteiger partial charge in [0.1, 0.15) is 6.17 Å². The lowest BCUT2D eigenvalue weighted by Gasteiger charge is -2.19. The van der Waals surface area contributed by atoms with E-state index in [1.807, 2.05) is 0 Å². The van der Waals surface area contributed by atoms with Crippen LogP contribution in [0, 0.1) is 0 Å². The van der Waals surface area contributed by atoms with Gasteiger partial charge in [-0.25, -0.2) is 4.39 Å². The Balaban J connectivity index is 2.28. The van der Waals surface area contributed by atoms with Crippen LogP contribution >= 0.6 is 15.9 Å². The van der Waals surface area contributed by atoms with Gasteiger partial charge in [-0.05, 0) is 12.8 Å². The molecule has 8 heavy (non-hydrogen) atoms. The van der Waals surface area contributed by atoms with E-state index in [0.29, 0.717) is 0 Å². The quantitative estimate of drug-likeness (QED) is 0.504. The Morgan fingerprint density at radius 3 is 2.25 bits per heavy atom. The fourth-order valence-corrected chi connectivity index (χ4v) is 1.63. The summed E-state index contributed by atoms with van der Waals surface area (Å²) in [5.41, 5.74) is 0. The third-order valence-corrected chi connectivity index (χ3v) is 2.63. The SMILES string of the molecule is FC1CCCCC1Br. The molecular formula is C6H10BrF. The highest BCUT2D eigenvalue weighted by Gasteiger charge is 2.21. The number of alkyl halides is 2. The molecule has 0 heterocycles. The molecule has 0 amide bonds. The monoisotopic (exact) mass is 180 g/mol. The van der Waals surface area contributed by atoms with Crippen LogP contribution in [0.25, 0.3) is 0 Å². The normalized spacial score (nSPS) is 39.8. The van der Waals surface area contributed by atoms with Crippen LogP contribution in [0.15, 0.2) is 0 Å². The van der Waals surface area contributed by atoms with E-state index in [1.165, 1.54) is 6.42 Å². The highest BCUT2D eigenvalue weighted by atomic mass is 79.9. The van der Waals surface area contributed by atoms with E-state index in [0.717, 1.165) is 19.3 Å². The second kappa shape index (κ2) is 2.81. The summed E-state index contributed by atoms with van der Waals surface area (Å²) in [7, 11) is 0. The fraction of sp³-hybridized carbons (Fsp3) is 1.00. The molecule has 0 aromatic heterocycles. The zero-order chi connectivity index (χ0) is 5.98. The molecule has 0 aromatic rings. The molecule has 0 saturated heterocycles. The summed E-state index contributed by atoms with van der Waals surface area (Å²) >= 11 is 3.28. The largest absolute Gasteiger partial charge is 0.246 e. The van der Waals surface area contributed by atoms with Crippen LogP contribution in [0.4, 0.5) is 4.39 Å². The third kappa shape index (κ3) is 1.44. The highest BCUT2D eigenvalue weighted by molar-refractivity contribution is 9.09. The van der Waals surface area contributed by atoms with Gasteiger partial charge in [0.2, 0.25) is 0 Å². The van der Waals surface area contributed by atoms with Crippen LogP contribution in [0.1, 0.15) is 25.7 Å². The Labute approximate surface area is 57.6 Å². The van der Waals surface area contributed by atoms with Crippen molar-refractivity contribution in [1.29, 1.82) is 0 Å². The first-order valence-corrected chi connectivity index (χ1v) is 4.00. The summed E-state index contributed by atoms with van der Waals surface area (Å²) < 4.78 is 12.5. The maximum Gasteiger partial charge on any atom is 0.113 e. The Morgan fingerprint density at radius 1 is 1.25 bits per heavy atom. The molecule has 0 N–H and O–H groups in total. The minimum absolute atomic E-state index is 0.149. The number of hydrogen-bond donors (Lipinski definition) is 0. The van der Waals surface area contributed by atoms with Gasteiger partial charge in [0.25, 0.3) is 0 Å². The van der Waals surface area contributed by atoms with Gasteiger partial charge in [-0.3, -0.25) is 0 Å². The molecule has 0 bridgehead atoms. The minimum Gasteiger partial charge on any atom is -0.246 e. The summed E-state index contributed by atoms with van der Waals surface area (Å²) in [6.07, 6.45) is 3.46. The van der Waals surface area contributed by atoms with Crippen molar-refractivity contribution < 1.29 is 4.39 Å². The summed E-state index contributed by atoms with van der Waals surface area (Å²) in [6, 6.07) is 0. The van der Waals surface area contributed by atoms with E-state index in [2.05, 4.69) is 15.9 Å². The smallest absolute Gasteiger partial charge is 0.113 e. The van der Waals surface area contributed by atoms with Crippen molar-refractivity contribution in [2.75, 3.05) is 0 Å². The first kappa shape index (κ1) is 6.53. The number of halogens is 2. The molecule has 1 saturated carbocycles. The lowest BCUT2D eigenvalue weighted by Crippen LogP contribution is -2.19. The highest BCUT2D eigenvalue weighted by Crippen LogP contribution is 2.26. The molecule has 0 spiro atoms. The van der Waals surface area contributed by atoms with Crippen molar-refractivity contribution in [2.45, 2.75) is 36.7 Å². The zero-order valence-corrected chi connectivity index (χ0v) is 6.33. The van der Waals surface area contributed by atoms with E-state index in [9.17, 15) is 4.39 Å². The van der Waals surface area contributed by atoms with Crippen LogP contribution in [0.5, 0.6) is 0 Å². The summed E-state index contributed by atoms with van der Waals surface area (Å²) in [4.78, 5) is 0.149. The molecule has 1 aliphatic carbocycles. The fourth-order valence-electron chi connectivity index (χ4n) is 1.04. The van der Waals surface area contributed by atoms with E-state index >= 15 is 0 Å². The van der Waals surface area contributed by atoms with Crippen molar-refractivity contribution in [1.82, 2.24) is 0 Å². The average Bonchev–Trinajstić information content (AvgIpc) is 1.77. The number of hydrogen-bond acceptors (Lipinski definition) is 0. The van der Waals surface area contributed by atoms with Crippen LogP contribution in [0.3, 0.4) is 0 Å². The molecule has 0 nitrogen and oxygen atoms in total. The number of rotatable bonds is 0. The maximum absolute atomic E-state index is 12.5. The van der Waals surface area contributed by atoms with Gasteiger partial charge in [-0.15, -0.1) is 0 Å². The Hall–Kier alpha value is 0.410. The lowest BCUT2D eigenvalue weighted by atomic mass is 9.99. The molecule has 48 valence electrons. The molecule has 0 aromatic carbocycles. The summed E-state index contributed by atoms with van der Waals surface area (Å²) in [5.74, 6) is 0. The Bertz CT molecular complexity index is 64.9. The van der Waals surface area contributed by atoms with Crippen molar-refractivity contribution >= 4 is 15.9 Å². The van der Waals surface area contributed by atoms with Crippen LogP contribution in [-0.4, -0.2) is 11.0 Å². The predicted molar refractivity (Wildman–Crippen MR) is 36.1 cm³/mol. The third-order valence-electron chi connectivity index (χ3n) is 1.60. The topological polar surface area (TPSA) is 0 Å². The van der Waals surface area contributed by atoms with Gasteiger partial charge >= 0.3 is 0 Å². The van der Waals surface area contributed by atoms with Crippen molar-refractivity contribution in [3.63, 3.8) is 0 Å². The van der Waals surface area contributed by atoms with Gasteiger partial charge in [-0.1, -0.05) is 28.8 Å². The molecule has 0 radical (unpaired) electrons. The van der Waals surface area contributed by atoms with E-state index < -0.39 is 6.17 Å². The Kier molecular flexibility index (Phi) is 2.29. The first-order chi connectivity index (χ1) is 3.80. The second-order valence-electron chi connectivity index (χ2n) is 2.32. The maximum atomic E-state index is 12.5. The molecule has 2 heteroatoms. The summed E-state index contributed by atoms with van der Waals surface area (Å²) in [5, 5.41) is 0. The van der Waals surface area contributed by atoms with E-state index in [1.54, 1.807) is 0 Å². The standard InChI is InChI=1S/C6H10BrF/c7-5-3-1-2-4-6(5)8/h5-6H,1-4H2. The van der Waals surface area contributed by atoms with Gasteiger partial charge < -0.3 is 0 Å². The predicted octanol–water partition coefficient (Wildman–Crippen LogP) is 2.66. The van der Waals surface area contributed by atoms with Crippen molar-refractivity contribution in [2.24, 2.45) is 0 Å². The minimum atomic E-state index is -0.580. The Morgan fingerprint density at radius 2 is 1.88 bits per heavy atom. The molecular weight excluding hydrogens is 171 g/mol. The van der Waals surface area contributed by atoms with E-state index in [-0.39, 0.29) is 4.83 Å². The van der Waals surface area contributed by atoms with Crippen LogP contribution in [-0.2, 0) is 0 Å². The lowest BCUT2D eigenvalue weighted by molar-refractivity contribution is 0.263. The molecule has 1 fully saturated rings.